The Kier molecular flexibility index (Phi) is 5.69. The van der Waals surface area contributed by atoms with E-state index in [-0.39, 0.29) is 0 Å². The maximum absolute atomic E-state index is 5.76. The number of hydrogen-bond donors (Lipinski definition) is 1. The predicted octanol–water partition coefficient (Wildman–Crippen LogP) is 5.16. The van der Waals surface area contributed by atoms with Crippen LogP contribution in [0.3, 0.4) is 0 Å². The molecule has 3 rings (SSSR count). The second kappa shape index (κ2) is 7.30. The minimum Gasteiger partial charge on any atom is -0.330 e. The van der Waals surface area contributed by atoms with Gasteiger partial charge in [-0.15, -0.1) is 0 Å². The van der Waals surface area contributed by atoms with Crippen LogP contribution in [0.5, 0.6) is 0 Å². The van der Waals surface area contributed by atoms with Crippen molar-refractivity contribution in [2.45, 2.75) is 74.6 Å². The van der Waals surface area contributed by atoms with E-state index < -0.39 is 0 Å². The van der Waals surface area contributed by atoms with Crippen molar-refractivity contribution in [3.63, 3.8) is 0 Å². The first-order valence-electron chi connectivity index (χ1n) is 9.08. The lowest BCUT2D eigenvalue weighted by Gasteiger charge is -2.37. The highest BCUT2D eigenvalue weighted by Crippen LogP contribution is 2.44. The molecule has 0 spiro atoms. The SMILES string of the molecule is NCC1CC(CC2CCC(CC3CCC3)CCC2I)C1. The van der Waals surface area contributed by atoms with Gasteiger partial charge in [-0.2, -0.15) is 0 Å². The lowest BCUT2D eigenvalue weighted by atomic mass is 9.70. The van der Waals surface area contributed by atoms with E-state index in [9.17, 15) is 0 Å². The minimum atomic E-state index is 0.866. The molecule has 3 aliphatic carbocycles. The molecule has 0 aromatic heterocycles. The number of alkyl halides is 1. The Morgan fingerprint density at radius 3 is 2.10 bits per heavy atom. The lowest BCUT2D eigenvalue weighted by Crippen LogP contribution is -2.32. The van der Waals surface area contributed by atoms with Crippen molar-refractivity contribution in [1.29, 1.82) is 0 Å². The lowest BCUT2D eigenvalue weighted by molar-refractivity contribution is 0.160. The molecule has 0 bridgehead atoms. The second-order valence-corrected chi connectivity index (χ2v) is 9.60. The molecule has 3 aliphatic rings. The topological polar surface area (TPSA) is 26.0 Å². The first kappa shape index (κ1) is 15.6. The largest absolute Gasteiger partial charge is 0.330 e. The van der Waals surface area contributed by atoms with Crippen LogP contribution in [-0.2, 0) is 0 Å². The molecule has 0 aliphatic heterocycles. The Morgan fingerprint density at radius 2 is 1.45 bits per heavy atom. The molecular weight excluding hydrogens is 357 g/mol. The van der Waals surface area contributed by atoms with Gasteiger partial charge in [-0.05, 0) is 81.1 Å². The Labute approximate surface area is 139 Å². The van der Waals surface area contributed by atoms with Crippen molar-refractivity contribution >= 4 is 22.6 Å². The zero-order valence-electron chi connectivity index (χ0n) is 12.9. The maximum atomic E-state index is 5.76. The highest BCUT2D eigenvalue weighted by atomic mass is 127. The van der Waals surface area contributed by atoms with E-state index in [1.165, 1.54) is 64.2 Å². The highest BCUT2D eigenvalue weighted by molar-refractivity contribution is 14.1. The molecule has 3 unspecified atom stereocenters. The summed E-state index contributed by atoms with van der Waals surface area (Å²) in [7, 11) is 0. The van der Waals surface area contributed by atoms with Crippen molar-refractivity contribution in [2.75, 3.05) is 6.54 Å². The van der Waals surface area contributed by atoms with E-state index in [2.05, 4.69) is 22.6 Å². The van der Waals surface area contributed by atoms with Crippen molar-refractivity contribution in [3.05, 3.63) is 0 Å². The Bertz CT molecular complexity index is 296. The van der Waals surface area contributed by atoms with E-state index in [1.54, 1.807) is 6.42 Å². The molecular formula is C18H32IN. The van der Waals surface area contributed by atoms with E-state index >= 15 is 0 Å². The van der Waals surface area contributed by atoms with Gasteiger partial charge >= 0.3 is 0 Å². The summed E-state index contributed by atoms with van der Waals surface area (Å²) in [4.78, 5) is 0. The minimum absolute atomic E-state index is 0.866. The van der Waals surface area contributed by atoms with Crippen LogP contribution in [-0.4, -0.2) is 10.5 Å². The van der Waals surface area contributed by atoms with E-state index in [4.69, 9.17) is 5.73 Å². The molecule has 0 heterocycles. The van der Waals surface area contributed by atoms with Gasteiger partial charge in [0.2, 0.25) is 0 Å². The van der Waals surface area contributed by atoms with Gasteiger partial charge in [0.05, 0.1) is 0 Å². The van der Waals surface area contributed by atoms with Gasteiger partial charge in [0.25, 0.3) is 0 Å². The van der Waals surface area contributed by atoms with Gasteiger partial charge in [-0.1, -0.05) is 48.3 Å². The summed E-state index contributed by atoms with van der Waals surface area (Å²) in [6, 6.07) is 0. The standard InChI is InChI=1S/C18H32IN/c19-18-7-5-14(8-13-2-1-3-13)4-6-17(18)11-15-9-16(10-15)12-20/h13-18H,1-12,20H2. The molecule has 0 saturated heterocycles. The fourth-order valence-corrected chi connectivity index (χ4v) is 5.81. The van der Waals surface area contributed by atoms with Crippen LogP contribution >= 0.6 is 22.6 Å². The Balaban J connectivity index is 1.42. The third-order valence-electron chi connectivity index (χ3n) is 6.50. The van der Waals surface area contributed by atoms with Crippen LogP contribution in [0.15, 0.2) is 0 Å². The number of rotatable bonds is 5. The molecule has 3 saturated carbocycles. The molecule has 3 fully saturated rings. The highest BCUT2D eigenvalue weighted by Gasteiger charge is 2.34. The molecule has 2 N–H and O–H groups in total. The molecule has 0 aromatic rings. The fraction of sp³-hybridized carbons (Fsp3) is 1.00. The van der Waals surface area contributed by atoms with Crippen LogP contribution in [0.1, 0.15) is 70.6 Å². The molecule has 2 heteroatoms. The number of halogens is 1. The maximum Gasteiger partial charge on any atom is 0.0138 e. The second-order valence-electron chi connectivity index (χ2n) is 8.00. The summed E-state index contributed by atoms with van der Waals surface area (Å²) in [6.45, 7) is 0.929. The summed E-state index contributed by atoms with van der Waals surface area (Å²) in [5.41, 5.74) is 5.76. The van der Waals surface area contributed by atoms with Crippen molar-refractivity contribution < 1.29 is 0 Å². The monoisotopic (exact) mass is 389 g/mol. The van der Waals surface area contributed by atoms with Crippen LogP contribution in [0.4, 0.5) is 0 Å². The van der Waals surface area contributed by atoms with Crippen LogP contribution in [0, 0.1) is 29.6 Å². The molecule has 20 heavy (non-hydrogen) atoms. The summed E-state index contributed by atoms with van der Waals surface area (Å²) in [5.74, 6) is 5.09. The summed E-state index contributed by atoms with van der Waals surface area (Å²) in [6.07, 6.45) is 16.6. The van der Waals surface area contributed by atoms with Crippen molar-refractivity contribution in [2.24, 2.45) is 35.3 Å². The van der Waals surface area contributed by atoms with E-state index in [1.807, 2.05) is 0 Å². The molecule has 3 atom stereocenters. The van der Waals surface area contributed by atoms with E-state index in [0.717, 1.165) is 40.1 Å². The van der Waals surface area contributed by atoms with Gasteiger partial charge in [0.1, 0.15) is 0 Å². The molecule has 0 aromatic carbocycles. The smallest absolute Gasteiger partial charge is 0.0138 e. The quantitative estimate of drug-likeness (QED) is 0.392. The zero-order chi connectivity index (χ0) is 13.9. The van der Waals surface area contributed by atoms with Gasteiger partial charge in [0.15, 0.2) is 0 Å². The zero-order valence-corrected chi connectivity index (χ0v) is 15.1. The molecule has 0 amide bonds. The van der Waals surface area contributed by atoms with Gasteiger partial charge in [0, 0.05) is 3.92 Å². The first-order valence-corrected chi connectivity index (χ1v) is 10.3. The first-order chi connectivity index (χ1) is 9.74. The van der Waals surface area contributed by atoms with Crippen LogP contribution in [0.2, 0.25) is 0 Å². The summed E-state index contributed by atoms with van der Waals surface area (Å²) < 4.78 is 0.955. The van der Waals surface area contributed by atoms with Gasteiger partial charge < -0.3 is 5.73 Å². The normalized spacial score (nSPS) is 42.6. The number of hydrogen-bond acceptors (Lipinski definition) is 1. The van der Waals surface area contributed by atoms with Crippen LogP contribution < -0.4 is 5.73 Å². The average Bonchev–Trinajstić information content (AvgIpc) is 2.51. The Hall–Kier alpha value is 0.690. The predicted molar refractivity (Wildman–Crippen MR) is 95.1 cm³/mol. The number of nitrogens with two attached hydrogens (primary N) is 1. The molecule has 1 nitrogen and oxygen atoms in total. The van der Waals surface area contributed by atoms with Gasteiger partial charge in [-0.25, -0.2) is 0 Å². The molecule has 116 valence electrons. The van der Waals surface area contributed by atoms with E-state index in [0.29, 0.717) is 0 Å². The third kappa shape index (κ3) is 3.91. The average molecular weight is 389 g/mol. The third-order valence-corrected chi connectivity index (χ3v) is 8.14. The van der Waals surface area contributed by atoms with Crippen LogP contribution in [0.25, 0.3) is 0 Å². The fourth-order valence-electron chi connectivity index (χ4n) is 4.79. The Morgan fingerprint density at radius 1 is 0.750 bits per heavy atom. The summed E-state index contributed by atoms with van der Waals surface area (Å²) in [5, 5.41) is 0. The van der Waals surface area contributed by atoms with Crippen molar-refractivity contribution in [3.8, 4) is 0 Å². The van der Waals surface area contributed by atoms with Crippen molar-refractivity contribution in [1.82, 2.24) is 0 Å². The molecule has 0 radical (unpaired) electrons. The summed E-state index contributed by atoms with van der Waals surface area (Å²) >= 11 is 2.77. The van der Waals surface area contributed by atoms with Gasteiger partial charge in [-0.3, -0.25) is 0 Å².